The van der Waals surface area contributed by atoms with Gasteiger partial charge in [-0.15, -0.1) is 0 Å². The number of benzene rings is 1. The molecule has 0 unspecified atom stereocenters. The minimum Gasteiger partial charge on any atom is -0.389 e. The molecule has 3 rings (SSSR count). The van der Waals surface area contributed by atoms with Gasteiger partial charge in [0, 0.05) is 24.0 Å². The molecule has 0 aliphatic heterocycles. The molecule has 2 aromatic rings. The maximum atomic E-state index is 5.69. The number of hydrogen-bond donors (Lipinski definition) is 1. The summed E-state index contributed by atoms with van der Waals surface area (Å²) in [5.41, 5.74) is 10.2. The molecule has 0 saturated carbocycles. The molecule has 3 nitrogen and oxygen atoms in total. The fourth-order valence-electron chi connectivity index (χ4n) is 2.60. The highest BCUT2D eigenvalue weighted by molar-refractivity contribution is 7.80. The number of thiocarbonyl (C=S) groups is 1. The minimum absolute atomic E-state index is 0.419. The molecule has 1 aromatic heterocycles. The summed E-state index contributed by atoms with van der Waals surface area (Å²) in [4.78, 5) is 7.25. The second kappa shape index (κ2) is 5.21. The summed E-state index contributed by atoms with van der Waals surface area (Å²) in [5.74, 6) is 0.964. The molecule has 0 fully saturated rings. The van der Waals surface area contributed by atoms with E-state index < -0.39 is 0 Å². The maximum absolute atomic E-state index is 5.69. The number of fused-ring (bicyclic) bond motifs is 1. The predicted octanol–water partition coefficient (Wildman–Crippen LogP) is 2.97. The summed E-state index contributed by atoms with van der Waals surface area (Å²) in [6.45, 7) is 0. The lowest BCUT2D eigenvalue weighted by Crippen LogP contribution is -2.14. The van der Waals surface area contributed by atoms with Crippen LogP contribution in [0.4, 0.5) is 11.5 Å². The standard InChI is InChI=1S/C16H17N3S/c1-19(13-6-2-5-12(10-13)16(17)20)15-9-8-11-4-3-7-14(11)18-15/h2,5-6,8-10H,3-4,7H2,1H3,(H2,17,20). The average Bonchev–Trinajstić information content (AvgIpc) is 2.94. The smallest absolute Gasteiger partial charge is 0.132 e. The maximum Gasteiger partial charge on any atom is 0.132 e. The second-order valence-corrected chi connectivity index (χ2v) is 5.54. The summed E-state index contributed by atoms with van der Waals surface area (Å²) in [5, 5.41) is 0. The number of anilines is 2. The molecule has 0 bridgehead atoms. The largest absolute Gasteiger partial charge is 0.389 e. The van der Waals surface area contributed by atoms with Gasteiger partial charge in [-0.1, -0.05) is 30.4 Å². The monoisotopic (exact) mass is 283 g/mol. The van der Waals surface area contributed by atoms with Gasteiger partial charge in [0.15, 0.2) is 0 Å². The zero-order chi connectivity index (χ0) is 14.1. The summed E-state index contributed by atoms with van der Waals surface area (Å²) >= 11 is 5.03. The Morgan fingerprint density at radius 2 is 2.10 bits per heavy atom. The van der Waals surface area contributed by atoms with Crippen molar-refractivity contribution in [3.8, 4) is 0 Å². The first kappa shape index (κ1) is 13.1. The van der Waals surface area contributed by atoms with Crippen LogP contribution in [0.15, 0.2) is 36.4 Å². The molecule has 20 heavy (non-hydrogen) atoms. The number of aryl methyl sites for hydroxylation is 2. The number of rotatable bonds is 3. The summed E-state index contributed by atoms with van der Waals surface area (Å²) < 4.78 is 0. The molecular weight excluding hydrogens is 266 g/mol. The summed E-state index contributed by atoms with van der Waals surface area (Å²) in [7, 11) is 2.02. The van der Waals surface area contributed by atoms with E-state index in [-0.39, 0.29) is 0 Å². The van der Waals surface area contributed by atoms with Crippen LogP contribution in [-0.4, -0.2) is 17.0 Å². The summed E-state index contributed by atoms with van der Waals surface area (Å²) in [6.07, 6.45) is 3.46. The van der Waals surface area contributed by atoms with Crippen LogP contribution < -0.4 is 10.6 Å². The highest BCUT2D eigenvalue weighted by Crippen LogP contribution is 2.27. The van der Waals surface area contributed by atoms with Crippen LogP contribution in [-0.2, 0) is 12.8 Å². The third-order valence-electron chi connectivity index (χ3n) is 3.78. The Kier molecular flexibility index (Phi) is 3.40. The molecule has 0 saturated heterocycles. The Labute approximate surface area is 124 Å². The normalized spacial score (nSPS) is 13.1. The Morgan fingerprint density at radius 1 is 1.25 bits per heavy atom. The third kappa shape index (κ3) is 2.39. The van der Waals surface area contributed by atoms with E-state index in [4.69, 9.17) is 22.9 Å². The van der Waals surface area contributed by atoms with E-state index in [1.54, 1.807) is 0 Å². The SMILES string of the molecule is CN(c1cccc(C(N)=S)c1)c1ccc2c(n1)CCC2. The Bertz CT molecular complexity index is 667. The molecule has 0 spiro atoms. The van der Waals surface area contributed by atoms with Crippen molar-refractivity contribution in [3.05, 3.63) is 53.2 Å². The topological polar surface area (TPSA) is 42.1 Å². The van der Waals surface area contributed by atoms with E-state index in [9.17, 15) is 0 Å². The van der Waals surface area contributed by atoms with E-state index in [0.29, 0.717) is 4.99 Å². The van der Waals surface area contributed by atoms with E-state index >= 15 is 0 Å². The molecular formula is C16H17N3S. The molecule has 2 N–H and O–H groups in total. The Balaban J connectivity index is 1.94. The first-order valence-electron chi connectivity index (χ1n) is 6.77. The molecule has 0 atom stereocenters. The van der Waals surface area contributed by atoms with Gasteiger partial charge in [-0.3, -0.25) is 0 Å². The molecule has 1 aliphatic carbocycles. The van der Waals surface area contributed by atoms with Gasteiger partial charge in [0.1, 0.15) is 10.8 Å². The molecule has 102 valence electrons. The van der Waals surface area contributed by atoms with Gasteiger partial charge in [0.05, 0.1) is 0 Å². The van der Waals surface area contributed by atoms with Crippen molar-refractivity contribution in [3.63, 3.8) is 0 Å². The van der Waals surface area contributed by atoms with Crippen LogP contribution in [0.2, 0.25) is 0 Å². The zero-order valence-electron chi connectivity index (χ0n) is 11.5. The van der Waals surface area contributed by atoms with Crippen molar-refractivity contribution in [1.29, 1.82) is 0 Å². The van der Waals surface area contributed by atoms with Crippen molar-refractivity contribution < 1.29 is 0 Å². The third-order valence-corrected chi connectivity index (χ3v) is 4.01. The quantitative estimate of drug-likeness (QED) is 0.879. The van der Waals surface area contributed by atoms with Crippen LogP contribution in [0.25, 0.3) is 0 Å². The number of pyridine rings is 1. The van der Waals surface area contributed by atoms with E-state index in [0.717, 1.165) is 29.9 Å². The van der Waals surface area contributed by atoms with Crippen molar-refractivity contribution in [2.45, 2.75) is 19.3 Å². The molecule has 1 aliphatic rings. The lowest BCUT2D eigenvalue weighted by molar-refractivity contribution is 0.898. The van der Waals surface area contributed by atoms with Crippen LogP contribution in [0.5, 0.6) is 0 Å². The van der Waals surface area contributed by atoms with Crippen LogP contribution in [0.3, 0.4) is 0 Å². The Morgan fingerprint density at radius 3 is 2.90 bits per heavy atom. The van der Waals surface area contributed by atoms with Crippen molar-refractivity contribution in [2.75, 3.05) is 11.9 Å². The number of nitrogens with zero attached hydrogens (tertiary/aromatic N) is 2. The summed E-state index contributed by atoms with van der Waals surface area (Å²) in [6, 6.07) is 12.2. The van der Waals surface area contributed by atoms with E-state index in [1.165, 1.54) is 17.7 Å². The van der Waals surface area contributed by atoms with Gasteiger partial charge in [0.2, 0.25) is 0 Å². The first-order valence-corrected chi connectivity index (χ1v) is 7.18. The number of hydrogen-bond acceptors (Lipinski definition) is 3. The predicted molar refractivity (Wildman–Crippen MR) is 86.7 cm³/mol. The van der Waals surface area contributed by atoms with E-state index in [1.807, 2.05) is 31.3 Å². The number of nitrogens with two attached hydrogens (primary N) is 1. The molecule has 4 heteroatoms. The van der Waals surface area contributed by atoms with E-state index in [2.05, 4.69) is 17.0 Å². The zero-order valence-corrected chi connectivity index (χ0v) is 12.3. The average molecular weight is 283 g/mol. The van der Waals surface area contributed by atoms with Gasteiger partial charge in [-0.25, -0.2) is 4.98 Å². The Hall–Kier alpha value is -1.94. The van der Waals surface area contributed by atoms with Crippen molar-refractivity contribution >= 4 is 28.7 Å². The fraction of sp³-hybridized carbons (Fsp3) is 0.250. The molecule has 1 heterocycles. The van der Waals surface area contributed by atoms with Crippen molar-refractivity contribution in [1.82, 2.24) is 4.98 Å². The van der Waals surface area contributed by atoms with Gasteiger partial charge < -0.3 is 10.6 Å². The first-order chi connectivity index (χ1) is 9.65. The lowest BCUT2D eigenvalue weighted by atomic mass is 10.2. The lowest BCUT2D eigenvalue weighted by Gasteiger charge is -2.19. The highest BCUT2D eigenvalue weighted by Gasteiger charge is 2.14. The van der Waals surface area contributed by atoms with Crippen LogP contribution >= 0.6 is 12.2 Å². The molecule has 0 radical (unpaired) electrons. The fourth-order valence-corrected chi connectivity index (χ4v) is 2.72. The van der Waals surface area contributed by atoms with Gasteiger partial charge >= 0.3 is 0 Å². The van der Waals surface area contributed by atoms with Gasteiger partial charge in [-0.2, -0.15) is 0 Å². The molecule has 0 amide bonds. The second-order valence-electron chi connectivity index (χ2n) is 5.10. The van der Waals surface area contributed by atoms with Crippen molar-refractivity contribution in [2.24, 2.45) is 5.73 Å². The van der Waals surface area contributed by atoms with Gasteiger partial charge in [0.25, 0.3) is 0 Å². The highest BCUT2D eigenvalue weighted by atomic mass is 32.1. The number of aromatic nitrogens is 1. The van der Waals surface area contributed by atoms with Crippen LogP contribution in [0.1, 0.15) is 23.2 Å². The van der Waals surface area contributed by atoms with Crippen LogP contribution in [0, 0.1) is 0 Å². The minimum atomic E-state index is 0.419. The van der Waals surface area contributed by atoms with Gasteiger partial charge in [-0.05, 0) is 43.0 Å². The molecule has 1 aromatic carbocycles.